The van der Waals surface area contributed by atoms with Gasteiger partial charge in [0.15, 0.2) is 0 Å². The van der Waals surface area contributed by atoms with Gasteiger partial charge in [0.25, 0.3) is 0 Å². The average Bonchev–Trinajstić information content (AvgIpc) is 3.05. The fourth-order valence-electron chi connectivity index (χ4n) is 3.24. The van der Waals surface area contributed by atoms with Crippen molar-refractivity contribution in [3.63, 3.8) is 0 Å². The molecule has 136 valence electrons. The number of para-hydroxylation sites is 1. The number of hydrogen-bond acceptors (Lipinski definition) is 3. The fraction of sp³-hybridized carbons (Fsp3) is 0.300. The van der Waals surface area contributed by atoms with Crippen molar-refractivity contribution in [2.75, 3.05) is 30.0 Å². The SMILES string of the molecule is CCN(C(=O)C1CC(=O)N(c2ccc(OC)c(Cl)c2)C1)c1ccccc1. The summed E-state index contributed by atoms with van der Waals surface area (Å²) in [5.74, 6) is 0.0716. The third-order valence-corrected chi connectivity index (χ3v) is 4.87. The normalized spacial score (nSPS) is 16.7. The smallest absolute Gasteiger partial charge is 0.232 e. The maximum absolute atomic E-state index is 13.0. The van der Waals surface area contributed by atoms with Crippen molar-refractivity contribution in [1.29, 1.82) is 0 Å². The first kappa shape index (κ1) is 18.3. The van der Waals surface area contributed by atoms with Crippen LogP contribution in [0.2, 0.25) is 5.02 Å². The first-order valence-electron chi connectivity index (χ1n) is 8.55. The van der Waals surface area contributed by atoms with Crippen molar-refractivity contribution in [2.24, 2.45) is 5.92 Å². The van der Waals surface area contributed by atoms with Gasteiger partial charge in [-0.1, -0.05) is 29.8 Å². The van der Waals surface area contributed by atoms with E-state index in [0.29, 0.717) is 29.5 Å². The second kappa shape index (κ2) is 7.79. The molecule has 0 spiro atoms. The number of ether oxygens (including phenoxy) is 1. The number of carbonyl (C=O) groups excluding carboxylic acids is 2. The second-order valence-electron chi connectivity index (χ2n) is 6.14. The summed E-state index contributed by atoms with van der Waals surface area (Å²) in [5.41, 5.74) is 1.53. The molecule has 0 radical (unpaired) electrons. The lowest BCUT2D eigenvalue weighted by atomic mass is 10.1. The number of amides is 2. The van der Waals surface area contributed by atoms with E-state index in [2.05, 4.69) is 0 Å². The zero-order chi connectivity index (χ0) is 18.7. The zero-order valence-corrected chi connectivity index (χ0v) is 15.6. The van der Waals surface area contributed by atoms with Crippen LogP contribution in [0, 0.1) is 5.92 Å². The van der Waals surface area contributed by atoms with Crippen molar-refractivity contribution >= 4 is 34.8 Å². The third kappa shape index (κ3) is 3.53. The minimum atomic E-state index is -0.372. The van der Waals surface area contributed by atoms with Gasteiger partial charge in [-0.05, 0) is 37.3 Å². The molecule has 1 aliphatic rings. The summed E-state index contributed by atoms with van der Waals surface area (Å²) in [7, 11) is 1.54. The summed E-state index contributed by atoms with van der Waals surface area (Å²) in [6.07, 6.45) is 0.200. The van der Waals surface area contributed by atoms with Crippen LogP contribution in [-0.4, -0.2) is 32.0 Å². The average molecular weight is 373 g/mol. The Morgan fingerprint density at radius 3 is 2.62 bits per heavy atom. The molecule has 1 atom stereocenters. The van der Waals surface area contributed by atoms with E-state index < -0.39 is 0 Å². The highest BCUT2D eigenvalue weighted by Crippen LogP contribution is 2.33. The number of halogens is 1. The molecule has 1 saturated heterocycles. The maximum Gasteiger partial charge on any atom is 0.232 e. The van der Waals surface area contributed by atoms with Gasteiger partial charge < -0.3 is 14.5 Å². The van der Waals surface area contributed by atoms with Crippen LogP contribution in [0.4, 0.5) is 11.4 Å². The highest BCUT2D eigenvalue weighted by atomic mass is 35.5. The molecule has 1 heterocycles. The molecule has 1 aliphatic heterocycles. The zero-order valence-electron chi connectivity index (χ0n) is 14.8. The van der Waals surface area contributed by atoms with E-state index in [4.69, 9.17) is 16.3 Å². The Morgan fingerprint density at radius 1 is 1.27 bits per heavy atom. The minimum absolute atomic E-state index is 0.0332. The summed E-state index contributed by atoms with van der Waals surface area (Å²) >= 11 is 6.17. The van der Waals surface area contributed by atoms with E-state index in [1.54, 1.807) is 35.1 Å². The third-order valence-electron chi connectivity index (χ3n) is 4.57. The minimum Gasteiger partial charge on any atom is -0.495 e. The molecule has 26 heavy (non-hydrogen) atoms. The van der Waals surface area contributed by atoms with Crippen molar-refractivity contribution < 1.29 is 14.3 Å². The lowest BCUT2D eigenvalue weighted by molar-refractivity contribution is -0.124. The van der Waals surface area contributed by atoms with E-state index >= 15 is 0 Å². The predicted molar refractivity (Wildman–Crippen MR) is 103 cm³/mol. The van der Waals surface area contributed by atoms with Crippen LogP contribution in [0.15, 0.2) is 48.5 Å². The Labute approximate surface area is 158 Å². The van der Waals surface area contributed by atoms with E-state index in [1.165, 1.54) is 0 Å². The van der Waals surface area contributed by atoms with Gasteiger partial charge in [-0.2, -0.15) is 0 Å². The van der Waals surface area contributed by atoms with E-state index in [9.17, 15) is 9.59 Å². The summed E-state index contributed by atoms with van der Waals surface area (Å²) in [5, 5.41) is 0.437. The topological polar surface area (TPSA) is 49.9 Å². The molecule has 0 bridgehead atoms. The maximum atomic E-state index is 13.0. The molecular formula is C20H21ClN2O3. The standard InChI is InChI=1S/C20H21ClN2O3/c1-3-22(15-7-5-4-6-8-15)20(25)14-11-19(24)23(13-14)16-9-10-18(26-2)17(21)12-16/h4-10,12,14H,3,11,13H2,1-2H3. The number of hydrogen-bond donors (Lipinski definition) is 0. The van der Waals surface area contributed by atoms with Gasteiger partial charge in [-0.15, -0.1) is 0 Å². The van der Waals surface area contributed by atoms with Crippen LogP contribution in [0.5, 0.6) is 5.75 Å². The first-order valence-corrected chi connectivity index (χ1v) is 8.93. The Morgan fingerprint density at radius 2 is 2.00 bits per heavy atom. The van der Waals surface area contributed by atoms with Crippen molar-refractivity contribution in [1.82, 2.24) is 0 Å². The molecule has 0 saturated carbocycles. The Balaban J connectivity index is 1.78. The van der Waals surface area contributed by atoms with Crippen LogP contribution >= 0.6 is 11.6 Å². The highest BCUT2D eigenvalue weighted by molar-refractivity contribution is 6.32. The lowest BCUT2D eigenvalue weighted by Gasteiger charge is -2.24. The van der Waals surface area contributed by atoms with E-state index in [0.717, 1.165) is 5.69 Å². The number of nitrogens with zero attached hydrogens (tertiary/aromatic N) is 2. The molecule has 0 aliphatic carbocycles. The predicted octanol–water partition coefficient (Wildman–Crippen LogP) is 3.75. The van der Waals surface area contributed by atoms with Crippen molar-refractivity contribution in [2.45, 2.75) is 13.3 Å². The number of methoxy groups -OCH3 is 1. The van der Waals surface area contributed by atoms with Crippen LogP contribution < -0.4 is 14.5 Å². The fourth-order valence-corrected chi connectivity index (χ4v) is 3.49. The van der Waals surface area contributed by atoms with Gasteiger partial charge in [0.1, 0.15) is 5.75 Å². The van der Waals surface area contributed by atoms with Gasteiger partial charge in [-0.3, -0.25) is 9.59 Å². The Kier molecular flexibility index (Phi) is 5.47. The molecule has 1 fully saturated rings. The summed E-state index contributed by atoms with van der Waals surface area (Å²) < 4.78 is 5.15. The Bertz CT molecular complexity index is 810. The van der Waals surface area contributed by atoms with Gasteiger partial charge in [0, 0.05) is 30.9 Å². The molecule has 0 aromatic heterocycles. The molecular weight excluding hydrogens is 352 g/mol. The lowest BCUT2D eigenvalue weighted by Crippen LogP contribution is -2.37. The number of rotatable bonds is 5. The first-order chi connectivity index (χ1) is 12.5. The molecule has 2 aromatic carbocycles. The van der Waals surface area contributed by atoms with Crippen molar-refractivity contribution in [3.05, 3.63) is 53.6 Å². The van der Waals surface area contributed by atoms with E-state index in [1.807, 2.05) is 37.3 Å². The summed E-state index contributed by atoms with van der Waals surface area (Å²) in [6.45, 7) is 2.84. The van der Waals surface area contributed by atoms with Crippen LogP contribution in [-0.2, 0) is 9.59 Å². The highest BCUT2D eigenvalue weighted by Gasteiger charge is 2.37. The molecule has 3 rings (SSSR count). The number of carbonyl (C=O) groups is 2. The van der Waals surface area contributed by atoms with Gasteiger partial charge >= 0.3 is 0 Å². The number of benzene rings is 2. The molecule has 2 aromatic rings. The summed E-state index contributed by atoms with van der Waals surface area (Å²) in [6, 6.07) is 14.7. The van der Waals surface area contributed by atoms with Crippen LogP contribution in [0.3, 0.4) is 0 Å². The second-order valence-corrected chi connectivity index (χ2v) is 6.55. The number of anilines is 2. The van der Waals surface area contributed by atoms with E-state index in [-0.39, 0.29) is 24.2 Å². The van der Waals surface area contributed by atoms with Gasteiger partial charge in [0.2, 0.25) is 11.8 Å². The Hall–Kier alpha value is -2.53. The van der Waals surface area contributed by atoms with Gasteiger partial charge in [-0.25, -0.2) is 0 Å². The quantitative estimate of drug-likeness (QED) is 0.803. The monoisotopic (exact) mass is 372 g/mol. The molecule has 2 amide bonds. The largest absolute Gasteiger partial charge is 0.495 e. The summed E-state index contributed by atoms with van der Waals surface area (Å²) in [4.78, 5) is 28.8. The molecule has 0 N–H and O–H groups in total. The van der Waals surface area contributed by atoms with Crippen LogP contribution in [0.1, 0.15) is 13.3 Å². The van der Waals surface area contributed by atoms with Gasteiger partial charge in [0.05, 0.1) is 18.1 Å². The van der Waals surface area contributed by atoms with Crippen molar-refractivity contribution in [3.8, 4) is 5.75 Å². The van der Waals surface area contributed by atoms with Crippen LogP contribution in [0.25, 0.3) is 0 Å². The molecule has 6 heteroatoms. The molecule has 5 nitrogen and oxygen atoms in total. The molecule has 1 unspecified atom stereocenters.